The second kappa shape index (κ2) is 7.83. The lowest BCUT2D eigenvalue weighted by Gasteiger charge is -2.24. The van der Waals surface area contributed by atoms with Gasteiger partial charge in [-0.25, -0.2) is 4.79 Å². The van der Waals surface area contributed by atoms with Crippen LogP contribution in [0.2, 0.25) is 0 Å². The Morgan fingerprint density at radius 1 is 1.24 bits per heavy atom. The first-order chi connectivity index (χ1) is 12.1. The Balaban J connectivity index is 1.68. The number of amides is 3. The Labute approximate surface area is 146 Å². The predicted molar refractivity (Wildman–Crippen MR) is 93.1 cm³/mol. The lowest BCUT2D eigenvalue weighted by Crippen LogP contribution is -2.50. The highest BCUT2D eigenvalue weighted by atomic mass is 16.5. The summed E-state index contributed by atoms with van der Waals surface area (Å²) in [7, 11) is 0. The number of hydrogen-bond donors (Lipinski definition) is 2. The van der Waals surface area contributed by atoms with Crippen LogP contribution in [-0.4, -0.2) is 41.1 Å². The first-order valence-corrected chi connectivity index (χ1v) is 8.45. The Bertz CT molecular complexity index is 723. The molecule has 0 bridgehead atoms. The molecule has 132 valence electrons. The van der Waals surface area contributed by atoms with E-state index < -0.39 is 12.1 Å². The van der Waals surface area contributed by atoms with Gasteiger partial charge < -0.3 is 14.7 Å². The van der Waals surface area contributed by atoms with Gasteiger partial charge in [0.1, 0.15) is 11.8 Å². The van der Waals surface area contributed by atoms with Crippen molar-refractivity contribution >= 4 is 17.8 Å². The SMILES string of the molecule is Cc1cc(NC(=O)NC(Cc2ccccc2)C(=O)N2CCCC2)no1. The molecule has 0 saturated carbocycles. The molecule has 7 nitrogen and oxygen atoms in total. The molecule has 1 aromatic carbocycles. The molecule has 0 spiro atoms. The number of urea groups is 1. The molecule has 3 rings (SSSR count). The maximum absolute atomic E-state index is 12.8. The molecule has 1 aromatic heterocycles. The van der Waals surface area contributed by atoms with Gasteiger partial charge in [0.2, 0.25) is 5.91 Å². The zero-order valence-corrected chi connectivity index (χ0v) is 14.2. The van der Waals surface area contributed by atoms with Crippen LogP contribution in [0.4, 0.5) is 10.6 Å². The quantitative estimate of drug-likeness (QED) is 0.873. The van der Waals surface area contributed by atoms with Gasteiger partial charge >= 0.3 is 6.03 Å². The fraction of sp³-hybridized carbons (Fsp3) is 0.389. The normalized spacial score (nSPS) is 15.0. The topological polar surface area (TPSA) is 87.5 Å². The van der Waals surface area contributed by atoms with Gasteiger partial charge in [-0.15, -0.1) is 0 Å². The van der Waals surface area contributed by atoms with Gasteiger partial charge in [-0.2, -0.15) is 0 Å². The van der Waals surface area contributed by atoms with Gasteiger partial charge in [0, 0.05) is 25.6 Å². The van der Waals surface area contributed by atoms with Gasteiger partial charge in [0.05, 0.1) is 0 Å². The highest BCUT2D eigenvalue weighted by Gasteiger charge is 2.28. The first kappa shape index (κ1) is 17.0. The lowest BCUT2D eigenvalue weighted by molar-refractivity contribution is -0.132. The Hall–Kier alpha value is -2.83. The van der Waals surface area contributed by atoms with E-state index in [1.54, 1.807) is 13.0 Å². The number of carbonyl (C=O) groups excluding carboxylic acids is 2. The molecule has 2 aromatic rings. The highest BCUT2D eigenvalue weighted by molar-refractivity contribution is 5.93. The first-order valence-electron chi connectivity index (χ1n) is 8.45. The lowest BCUT2D eigenvalue weighted by atomic mass is 10.0. The molecular formula is C18H22N4O3. The van der Waals surface area contributed by atoms with Crippen LogP contribution < -0.4 is 10.6 Å². The van der Waals surface area contributed by atoms with Crippen molar-refractivity contribution in [2.24, 2.45) is 0 Å². The number of carbonyl (C=O) groups is 2. The third-order valence-electron chi connectivity index (χ3n) is 4.17. The smallest absolute Gasteiger partial charge is 0.321 e. The van der Waals surface area contributed by atoms with Crippen LogP contribution in [0.25, 0.3) is 0 Å². The van der Waals surface area contributed by atoms with Crippen molar-refractivity contribution in [2.45, 2.75) is 32.2 Å². The monoisotopic (exact) mass is 342 g/mol. The number of anilines is 1. The van der Waals surface area contributed by atoms with Crippen molar-refractivity contribution in [3.8, 4) is 0 Å². The molecule has 0 radical (unpaired) electrons. The summed E-state index contributed by atoms with van der Waals surface area (Å²) in [6.07, 6.45) is 2.46. The summed E-state index contributed by atoms with van der Waals surface area (Å²) >= 11 is 0. The molecule has 1 atom stereocenters. The van der Waals surface area contributed by atoms with Crippen LogP contribution in [0, 0.1) is 6.92 Å². The van der Waals surface area contributed by atoms with E-state index in [-0.39, 0.29) is 5.91 Å². The molecule has 7 heteroatoms. The second-order valence-corrected chi connectivity index (χ2v) is 6.20. The molecule has 2 N–H and O–H groups in total. The van der Waals surface area contributed by atoms with Gasteiger partial charge in [-0.05, 0) is 25.3 Å². The van der Waals surface area contributed by atoms with Crippen LogP contribution in [0.1, 0.15) is 24.2 Å². The molecule has 1 unspecified atom stereocenters. The average molecular weight is 342 g/mol. The minimum Gasteiger partial charge on any atom is -0.360 e. The molecule has 1 saturated heterocycles. The summed E-state index contributed by atoms with van der Waals surface area (Å²) < 4.78 is 4.93. The Morgan fingerprint density at radius 3 is 2.60 bits per heavy atom. The van der Waals surface area contributed by atoms with E-state index in [1.807, 2.05) is 35.2 Å². The third-order valence-corrected chi connectivity index (χ3v) is 4.17. The second-order valence-electron chi connectivity index (χ2n) is 6.20. The predicted octanol–water partition coefficient (Wildman–Crippen LogP) is 2.34. The van der Waals surface area contributed by atoms with Gasteiger partial charge in [-0.3, -0.25) is 10.1 Å². The molecule has 1 aliphatic heterocycles. The number of aryl methyl sites for hydroxylation is 1. The van der Waals surface area contributed by atoms with Crippen molar-refractivity contribution in [2.75, 3.05) is 18.4 Å². The number of hydrogen-bond acceptors (Lipinski definition) is 4. The van der Waals surface area contributed by atoms with Crippen LogP contribution in [0.5, 0.6) is 0 Å². The van der Waals surface area contributed by atoms with Crippen molar-refractivity contribution in [1.82, 2.24) is 15.4 Å². The van der Waals surface area contributed by atoms with Crippen LogP contribution in [0.15, 0.2) is 40.9 Å². The van der Waals surface area contributed by atoms with E-state index in [9.17, 15) is 9.59 Å². The van der Waals surface area contributed by atoms with E-state index >= 15 is 0 Å². The molecule has 0 aliphatic carbocycles. The van der Waals surface area contributed by atoms with Crippen molar-refractivity contribution in [3.05, 3.63) is 47.7 Å². The maximum Gasteiger partial charge on any atom is 0.321 e. The maximum atomic E-state index is 12.8. The van der Waals surface area contributed by atoms with Gasteiger partial charge in [0.15, 0.2) is 5.82 Å². The number of aromatic nitrogens is 1. The summed E-state index contributed by atoms with van der Waals surface area (Å²) in [5.41, 5.74) is 0.998. The van der Waals surface area contributed by atoms with Gasteiger partial charge in [0.25, 0.3) is 0 Å². The largest absolute Gasteiger partial charge is 0.360 e. The molecule has 1 aliphatic rings. The number of likely N-dealkylation sites (tertiary alicyclic amines) is 1. The minimum atomic E-state index is -0.617. The molecule has 25 heavy (non-hydrogen) atoms. The zero-order chi connectivity index (χ0) is 17.6. The summed E-state index contributed by atoms with van der Waals surface area (Å²) in [6, 6.07) is 10.2. The van der Waals surface area contributed by atoms with E-state index in [0.717, 1.165) is 31.5 Å². The molecular weight excluding hydrogens is 320 g/mol. The van der Waals surface area contributed by atoms with E-state index in [2.05, 4.69) is 15.8 Å². The number of nitrogens with zero attached hydrogens (tertiary/aromatic N) is 2. The molecule has 3 amide bonds. The van der Waals surface area contributed by atoms with E-state index in [1.165, 1.54) is 0 Å². The molecule has 1 fully saturated rings. The Kier molecular flexibility index (Phi) is 5.33. The number of rotatable bonds is 5. The summed E-state index contributed by atoms with van der Waals surface area (Å²) in [5.74, 6) is 0.874. The van der Waals surface area contributed by atoms with Crippen molar-refractivity contribution < 1.29 is 14.1 Å². The van der Waals surface area contributed by atoms with Crippen molar-refractivity contribution in [3.63, 3.8) is 0 Å². The van der Waals surface area contributed by atoms with E-state index in [4.69, 9.17) is 4.52 Å². The summed E-state index contributed by atoms with van der Waals surface area (Å²) in [6.45, 7) is 3.23. The number of nitrogens with one attached hydrogen (secondary N) is 2. The fourth-order valence-electron chi connectivity index (χ4n) is 2.94. The third kappa shape index (κ3) is 4.59. The standard InChI is InChI=1S/C18H22N4O3/c1-13-11-16(21-25-13)20-18(24)19-15(12-14-7-3-2-4-8-14)17(23)22-9-5-6-10-22/h2-4,7-8,11,15H,5-6,9-10,12H2,1H3,(H2,19,20,21,24). The number of benzene rings is 1. The van der Waals surface area contributed by atoms with Gasteiger partial charge in [-0.1, -0.05) is 35.5 Å². The average Bonchev–Trinajstić information content (AvgIpc) is 3.26. The minimum absolute atomic E-state index is 0.0483. The summed E-state index contributed by atoms with van der Waals surface area (Å²) in [4.78, 5) is 26.9. The molecule has 2 heterocycles. The van der Waals surface area contributed by atoms with E-state index in [0.29, 0.717) is 18.0 Å². The summed E-state index contributed by atoms with van der Waals surface area (Å²) in [5, 5.41) is 9.10. The highest BCUT2D eigenvalue weighted by Crippen LogP contribution is 2.13. The Morgan fingerprint density at radius 2 is 1.96 bits per heavy atom. The zero-order valence-electron chi connectivity index (χ0n) is 14.2. The fourth-order valence-corrected chi connectivity index (χ4v) is 2.94. The van der Waals surface area contributed by atoms with Crippen LogP contribution in [0.3, 0.4) is 0 Å². The van der Waals surface area contributed by atoms with Crippen LogP contribution in [-0.2, 0) is 11.2 Å². The van der Waals surface area contributed by atoms with Crippen LogP contribution >= 0.6 is 0 Å². The van der Waals surface area contributed by atoms with Crippen molar-refractivity contribution in [1.29, 1.82) is 0 Å².